The maximum Gasteiger partial charge on any atom is 0.339 e. The van der Waals surface area contributed by atoms with E-state index in [9.17, 15) is 39.6 Å². The number of rotatable bonds is 11. The van der Waals surface area contributed by atoms with Gasteiger partial charge in [0, 0.05) is 11.1 Å². The molecule has 0 aliphatic heterocycles. The zero-order valence-electron chi connectivity index (χ0n) is 18.9. The Hall–Kier alpha value is -4.02. The van der Waals surface area contributed by atoms with Gasteiger partial charge in [-0.2, -0.15) is 0 Å². The number of hydrogen-bond acceptors (Lipinski definition) is 9. The summed E-state index contributed by atoms with van der Waals surface area (Å²) in [7, 11) is 0. The lowest BCUT2D eigenvalue weighted by molar-refractivity contribution is -0.160. The Morgan fingerprint density at radius 1 is 0.694 bits per heavy atom. The molecule has 3 rings (SSSR count). The van der Waals surface area contributed by atoms with E-state index in [0.717, 1.165) is 0 Å². The van der Waals surface area contributed by atoms with E-state index >= 15 is 0 Å². The predicted octanol–water partition coefficient (Wildman–Crippen LogP) is 0.992. The molecule has 0 saturated carbocycles. The van der Waals surface area contributed by atoms with Gasteiger partial charge in [-0.3, -0.25) is 14.4 Å². The third-order valence-electron chi connectivity index (χ3n) is 5.54. The van der Waals surface area contributed by atoms with Gasteiger partial charge >= 0.3 is 5.97 Å². The lowest BCUT2D eigenvalue weighted by Gasteiger charge is -2.37. The molecule has 0 saturated heterocycles. The molecule has 3 aromatic rings. The maximum atomic E-state index is 13.8. The van der Waals surface area contributed by atoms with Gasteiger partial charge < -0.3 is 25.2 Å². The van der Waals surface area contributed by atoms with Gasteiger partial charge in [0.05, 0.1) is 12.2 Å². The number of aliphatic hydroxyl groups is 4. The van der Waals surface area contributed by atoms with E-state index in [-0.39, 0.29) is 16.7 Å². The topological polar surface area (TPSA) is 158 Å². The van der Waals surface area contributed by atoms with Gasteiger partial charge in [-0.1, -0.05) is 78.9 Å². The smallest absolute Gasteiger partial charge is 0.339 e. The first-order valence-corrected chi connectivity index (χ1v) is 10.9. The molecule has 0 radical (unpaired) electrons. The van der Waals surface area contributed by atoms with Crippen molar-refractivity contribution in [1.82, 2.24) is 0 Å². The molecule has 0 aliphatic rings. The zero-order valence-corrected chi connectivity index (χ0v) is 18.9. The van der Waals surface area contributed by atoms with Gasteiger partial charge in [-0.05, 0) is 12.1 Å². The van der Waals surface area contributed by atoms with Crippen molar-refractivity contribution < 1.29 is 44.3 Å². The molecular weight excluding hydrogens is 468 g/mol. The SMILES string of the molecule is O=C(O[C@](C(=O)C(=O)c1ccccc1)(C(=O)c1ccccc1)C(O)C(O)C(O)CO)c1ccccc1. The summed E-state index contributed by atoms with van der Waals surface area (Å²) in [6.45, 7) is -1.07. The quantitative estimate of drug-likeness (QED) is 0.133. The number of ether oxygens (including phenoxy) is 1. The average Bonchev–Trinajstić information content (AvgIpc) is 2.94. The van der Waals surface area contributed by atoms with Gasteiger partial charge in [0.2, 0.25) is 11.6 Å². The number of carbonyl (C=O) groups excluding carboxylic acids is 4. The highest BCUT2D eigenvalue weighted by Crippen LogP contribution is 2.30. The van der Waals surface area contributed by atoms with Gasteiger partial charge in [0.15, 0.2) is 0 Å². The summed E-state index contributed by atoms with van der Waals surface area (Å²) in [6.07, 6.45) is -7.04. The first kappa shape index (κ1) is 26.6. The van der Waals surface area contributed by atoms with Gasteiger partial charge in [0.1, 0.15) is 18.3 Å². The molecular formula is C27H24O9. The highest BCUT2D eigenvalue weighted by atomic mass is 16.6. The molecule has 3 aromatic carbocycles. The molecule has 0 fully saturated rings. The van der Waals surface area contributed by atoms with Crippen LogP contribution in [0.1, 0.15) is 31.1 Å². The molecule has 186 valence electrons. The Bertz CT molecular complexity index is 1210. The molecule has 4 atom stereocenters. The normalized spacial score (nSPS) is 15.1. The van der Waals surface area contributed by atoms with E-state index in [0.29, 0.717) is 0 Å². The highest BCUT2D eigenvalue weighted by molar-refractivity contribution is 6.51. The minimum atomic E-state index is -3.31. The molecule has 0 aliphatic carbocycles. The monoisotopic (exact) mass is 492 g/mol. The van der Waals surface area contributed by atoms with E-state index in [4.69, 9.17) is 4.74 Å². The first-order chi connectivity index (χ1) is 17.2. The standard InChI is InChI=1S/C27H24O9/c28-16-20(29)22(31)25(34)27(23(32)18-12-6-2-7-13-18,36-26(35)19-14-8-3-9-15-19)24(33)21(30)17-10-4-1-5-11-17/h1-15,20,22,25,28-29,31,34H,16H2/t20?,22?,25?,27-/m0/s1. The summed E-state index contributed by atoms with van der Waals surface area (Å²) in [4.78, 5) is 53.8. The Morgan fingerprint density at radius 3 is 1.61 bits per heavy atom. The molecule has 0 aromatic heterocycles. The number of aliphatic hydroxyl groups excluding tert-OH is 4. The minimum absolute atomic E-state index is 0.118. The second-order valence-corrected chi connectivity index (χ2v) is 7.90. The number of ketones is 3. The van der Waals surface area contributed by atoms with E-state index in [1.54, 1.807) is 18.2 Å². The lowest BCUT2D eigenvalue weighted by Crippen LogP contribution is -2.66. The number of benzene rings is 3. The lowest BCUT2D eigenvalue weighted by atomic mass is 9.77. The van der Waals surface area contributed by atoms with Crippen LogP contribution >= 0.6 is 0 Å². The molecule has 0 heterocycles. The van der Waals surface area contributed by atoms with Crippen LogP contribution in [-0.4, -0.2) is 74.3 Å². The van der Waals surface area contributed by atoms with Crippen LogP contribution in [0.5, 0.6) is 0 Å². The van der Waals surface area contributed by atoms with E-state index in [2.05, 4.69) is 0 Å². The summed E-state index contributed by atoms with van der Waals surface area (Å²) in [5, 5.41) is 41.0. The van der Waals surface area contributed by atoms with Crippen LogP contribution in [-0.2, 0) is 9.53 Å². The van der Waals surface area contributed by atoms with Crippen LogP contribution in [0.3, 0.4) is 0 Å². The molecule has 9 nitrogen and oxygen atoms in total. The van der Waals surface area contributed by atoms with E-state index in [1.165, 1.54) is 72.8 Å². The number of carbonyl (C=O) groups is 4. The second kappa shape index (κ2) is 11.6. The van der Waals surface area contributed by atoms with Crippen LogP contribution in [0, 0.1) is 0 Å². The Morgan fingerprint density at radius 2 is 1.14 bits per heavy atom. The fourth-order valence-corrected chi connectivity index (χ4v) is 3.56. The van der Waals surface area contributed by atoms with Crippen molar-refractivity contribution in [2.75, 3.05) is 6.61 Å². The summed E-state index contributed by atoms with van der Waals surface area (Å²) in [5.74, 6) is -5.49. The van der Waals surface area contributed by atoms with Crippen molar-refractivity contribution in [1.29, 1.82) is 0 Å². The fourth-order valence-electron chi connectivity index (χ4n) is 3.56. The molecule has 0 amide bonds. The minimum Gasteiger partial charge on any atom is -0.435 e. The van der Waals surface area contributed by atoms with Gasteiger partial charge in [-0.15, -0.1) is 0 Å². The molecule has 0 bridgehead atoms. The van der Waals surface area contributed by atoms with Crippen LogP contribution in [0.2, 0.25) is 0 Å². The summed E-state index contributed by atoms with van der Waals surface area (Å²) in [5.41, 5.74) is -3.83. The summed E-state index contributed by atoms with van der Waals surface area (Å²) in [6, 6.07) is 21.2. The molecule has 3 unspecified atom stereocenters. The first-order valence-electron chi connectivity index (χ1n) is 10.9. The van der Waals surface area contributed by atoms with Crippen molar-refractivity contribution in [2.24, 2.45) is 0 Å². The number of hydrogen-bond donors (Lipinski definition) is 4. The third kappa shape index (κ3) is 5.29. The molecule has 0 spiro atoms. The van der Waals surface area contributed by atoms with Crippen LogP contribution in [0.4, 0.5) is 0 Å². The largest absolute Gasteiger partial charge is 0.435 e. The Kier molecular flexibility index (Phi) is 8.57. The molecule has 4 N–H and O–H groups in total. The van der Waals surface area contributed by atoms with Crippen molar-refractivity contribution in [2.45, 2.75) is 23.9 Å². The van der Waals surface area contributed by atoms with Gasteiger partial charge in [-0.25, -0.2) is 4.79 Å². The molecule has 36 heavy (non-hydrogen) atoms. The predicted molar refractivity (Wildman–Crippen MR) is 126 cm³/mol. The van der Waals surface area contributed by atoms with E-state index < -0.39 is 53.8 Å². The van der Waals surface area contributed by atoms with Gasteiger partial charge in [0.25, 0.3) is 11.4 Å². The highest BCUT2D eigenvalue weighted by Gasteiger charge is 2.60. The fraction of sp³-hybridized carbons (Fsp3) is 0.185. The zero-order chi connectivity index (χ0) is 26.3. The van der Waals surface area contributed by atoms with E-state index in [1.807, 2.05) is 0 Å². The van der Waals surface area contributed by atoms with Crippen molar-refractivity contribution in [3.63, 3.8) is 0 Å². The van der Waals surface area contributed by atoms with Crippen LogP contribution in [0.25, 0.3) is 0 Å². The van der Waals surface area contributed by atoms with Crippen LogP contribution in [0.15, 0.2) is 91.0 Å². The van der Waals surface area contributed by atoms with Crippen LogP contribution < -0.4 is 0 Å². The maximum absolute atomic E-state index is 13.8. The average molecular weight is 492 g/mol. The van der Waals surface area contributed by atoms with Crippen molar-refractivity contribution in [3.05, 3.63) is 108 Å². The number of Topliss-reactive ketones (excluding diaryl/α,β-unsaturated/α-hetero) is 3. The summed E-state index contributed by atoms with van der Waals surface area (Å²) >= 11 is 0. The molecule has 9 heteroatoms. The Balaban J connectivity index is 2.24. The third-order valence-corrected chi connectivity index (χ3v) is 5.54. The summed E-state index contributed by atoms with van der Waals surface area (Å²) < 4.78 is 5.36. The Labute approximate surface area is 206 Å². The number of esters is 1. The second-order valence-electron chi connectivity index (χ2n) is 7.90. The van der Waals surface area contributed by atoms with Crippen molar-refractivity contribution in [3.8, 4) is 0 Å². The van der Waals surface area contributed by atoms with Crippen molar-refractivity contribution >= 4 is 23.3 Å².